The van der Waals surface area contributed by atoms with Gasteiger partial charge in [-0.1, -0.05) is 12.2 Å². The number of hydrogen-bond acceptors (Lipinski definition) is 3. The van der Waals surface area contributed by atoms with E-state index in [1.54, 1.807) is 11.6 Å². The molecule has 0 aromatic rings. The van der Waals surface area contributed by atoms with Crippen molar-refractivity contribution in [3.8, 4) is 0 Å². The predicted molar refractivity (Wildman–Crippen MR) is 42.3 cm³/mol. The van der Waals surface area contributed by atoms with Crippen LogP contribution >= 0.6 is 10.7 Å². The second-order valence-electron chi connectivity index (χ2n) is 2.10. The molecule has 0 fully saturated rings. The molecule has 0 atom stereocenters. The second-order valence-corrected chi connectivity index (χ2v) is 4.40. The minimum atomic E-state index is -3.94. The normalized spacial score (nSPS) is 10.7. The standard InChI is InChI=1S/C5H8ClNO3S/c1-4(2)3-5(8)7-11(6,9)10/h1,3H2,2H3,(H,7,8). The van der Waals surface area contributed by atoms with E-state index in [-0.39, 0.29) is 6.42 Å². The summed E-state index contributed by atoms with van der Waals surface area (Å²) in [4.78, 5) is 10.6. The maximum Gasteiger partial charge on any atom is 0.321 e. The van der Waals surface area contributed by atoms with E-state index < -0.39 is 15.1 Å². The molecule has 0 saturated carbocycles. The van der Waals surface area contributed by atoms with E-state index in [1.807, 2.05) is 0 Å². The van der Waals surface area contributed by atoms with Crippen LogP contribution in [0.5, 0.6) is 0 Å². The van der Waals surface area contributed by atoms with Gasteiger partial charge in [0.05, 0.1) is 0 Å². The van der Waals surface area contributed by atoms with Crippen molar-refractivity contribution in [2.45, 2.75) is 13.3 Å². The van der Waals surface area contributed by atoms with Gasteiger partial charge in [-0.25, -0.2) is 4.72 Å². The van der Waals surface area contributed by atoms with Gasteiger partial charge in [-0.15, -0.1) is 0 Å². The molecule has 0 aliphatic carbocycles. The Morgan fingerprint density at radius 2 is 2.09 bits per heavy atom. The van der Waals surface area contributed by atoms with Crippen molar-refractivity contribution < 1.29 is 13.2 Å². The Hall–Kier alpha value is -0.550. The van der Waals surface area contributed by atoms with Crippen molar-refractivity contribution in [1.82, 2.24) is 4.72 Å². The Bertz CT molecular complexity index is 269. The van der Waals surface area contributed by atoms with Gasteiger partial charge in [0.15, 0.2) is 0 Å². The summed E-state index contributed by atoms with van der Waals surface area (Å²) in [5, 5.41) is 0. The van der Waals surface area contributed by atoms with Crippen LogP contribution in [0.15, 0.2) is 12.2 Å². The Morgan fingerprint density at radius 1 is 1.64 bits per heavy atom. The molecule has 1 N–H and O–H groups in total. The molecule has 0 unspecified atom stereocenters. The van der Waals surface area contributed by atoms with Gasteiger partial charge in [0.2, 0.25) is 5.91 Å². The van der Waals surface area contributed by atoms with E-state index in [1.165, 1.54) is 0 Å². The summed E-state index contributed by atoms with van der Waals surface area (Å²) in [7, 11) is 0.785. The maximum absolute atomic E-state index is 10.6. The summed E-state index contributed by atoms with van der Waals surface area (Å²) in [6.07, 6.45) is -0.0358. The summed E-state index contributed by atoms with van der Waals surface area (Å²) >= 11 is 0. The molecule has 4 nitrogen and oxygen atoms in total. The minimum absolute atomic E-state index is 0.0358. The third kappa shape index (κ3) is 7.35. The van der Waals surface area contributed by atoms with Crippen LogP contribution in [0.25, 0.3) is 0 Å². The van der Waals surface area contributed by atoms with Gasteiger partial charge in [-0.3, -0.25) is 4.79 Å². The molecule has 0 bridgehead atoms. The molecule has 0 rings (SSSR count). The number of nitrogens with one attached hydrogen (secondary N) is 1. The minimum Gasteiger partial charge on any atom is -0.274 e. The molecule has 0 aliphatic rings. The third-order valence-electron chi connectivity index (χ3n) is 0.698. The predicted octanol–water partition coefficient (Wildman–Crippen LogP) is 0.552. The van der Waals surface area contributed by atoms with Crippen molar-refractivity contribution >= 4 is 25.8 Å². The monoisotopic (exact) mass is 197 g/mol. The first kappa shape index (κ1) is 10.4. The van der Waals surface area contributed by atoms with Crippen molar-refractivity contribution in [3.63, 3.8) is 0 Å². The van der Waals surface area contributed by atoms with Crippen LogP contribution in [-0.2, 0) is 14.0 Å². The lowest BCUT2D eigenvalue weighted by Crippen LogP contribution is -2.26. The van der Waals surface area contributed by atoms with Crippen LogP contribution in [0, 0.1) is 0 Å². The van der Waals surface area contributed by atoms with Crippen molar-refractivity contribution in [1.29, 1.82) is 0 Å². The summed E-state index contributed by atoms with van der Waals surface area (Å²) in [6.45, 7) is 5.04. The fourth-order valence-corrected chi connectivity index (χ4v) is 1.05. The lowest BCUT2D eigenvalue weighted by Gasteiger charge is -1.98. The quantitative estimate of drug-likeness (QED) is 0.531. The molecular weight excluding hydrogens is 190 g/mol. The van der Waals surface area contributed by atoms with Crippen molar-refractivity contribution in [3.05, 3.63) is 12.2 Å². The van der Waals surface area contributed by atoms with E-state index in [9.17, 15) is 13.2 Å². The number of amides is 1. The Balaban J connectivity index is 4.01. The molecule has 1 amide bonds. The number of halogens is 1. The largest absolute Gasteiger partial charge is 0.321 e. The lowest BCUT2D eigenvalue weighted by molar-refractivity contribution is -0.118. The fourth-order valence-electron chi connectivity index (χ4n) is 0.446. The van der Waals surface area contributed by atoms with Gasteiger partial charge < -0.3 is 0 Å². The molecular formula is C5H8ClNO3S. The first-order valence-corrected chi connectivity index (χ1v) is 5.02. The van der Waals surface area contributed by atoms with Gasteiger partial charge >= 0.3 is 9.24 Å². The Labute approximate surface area is 69.8 Å². The lowest BCUT2D eigenvalue weighted by atomic mass is 10.2. The number of carbonyl (C=O) groups is 1. The van der Waals surface area contributed by atoms with Crippen LogP contribution in [0.1, 0.15) is 13.3 Å². The molecule has 0 saturated heterocycles. The molecule has 64 valence electrons. The molecule has 0 spiro atoms. The van der Waals surface area contributed by atoms with E-state index in [4.69, 9.17) is 10.7 Å². The molecule has 6 heteroatoms. The van der Waals surface area contributed by atoms with E-state index in [2.05, 4.69) is 6.58 Å². The second kappa shape index (κ2) is 3.73. The van der Waals surface area contributed by atoms with Crippen molar-refractivity contribution in [2.75, 3.05) is 0 Å². The van der Waals surface area contributed by atoms with Crippen molar-refractivity contribution in [2.24, 2.45) is 0 Å². The average molecular weight is 198 g/mol. The number of carbonyl (C=O) groups excluding carboxylic acids is 1. The van der Waals surface area contributed by atoms with Gasteiger partial charge in [0.1, 0.15) is 0 Å². The van der Waals surface area contributed by atoms with Crippen LogP contribution in [-0.4, -0.2) is 14.3 Å². The highest BCUT2D eigenvalue weighted by molar-refractivity contribution is 8.12. The molecule has 0 aliphatic heterocycles. The summed E-state index contributed by atoms with van der Waals surface area (Å²) in [5.74, 6) is -0.674. The Kier molecular flexibility index (Phi) is 3.54. The average Bonchev–Trinajstić information content (AvgIpc) is 1.53. The zero-order valence-corrected chi connectivity index (χ0v) is 7.50. The highest BCUT2D eigenvalue weighted by atomic mass is 35.7. The van der Waals surface area contributed by atoms with Gasteiger partial charge in [-0.2, -0.15) is 8.42 Å². The van der Waals surface area contributed by atoms with E-state index in [0.29, 0.717) is 5.57 Å². The molecule has 0 aromatic carbocycles. The van der Waals surface area contributed by atoms with Crippen LogP contribution in [0.3, 0.4) is 0 Å². The summed E-state index contributed by atoms with van der Waals surface area (Å²) in [6, 6.07) is 0. The van der Waals surface area contributed by atoms with Gasteiger partial charge in [0, 0.05) is 17.1 Å². The first-order chi connectivity index (χ1) is 4.81. The van der Waals surface area contributed by atoms with Crippen LogP contribution in [0.4, 0.5) is 0 Å². The fraction of sp³-hybridized carbons (Fsp3) is 0.400. The summed E-state index contributed by atoms with van der Waals surface area (Å²) < 4.78 is 22.0. The topological polar surface area (TPSA) is 63.2 Å². The van der Waals surface area contributed by atoms with E-state index >= 15 is 0 Å². The highest BCUT2D eigenvalue weighted by Gasteiger charge is 2.09. The first-order valence-electron chi connectivity index (χ1n) is 2.71. The maximum atomic E-state index is 10.6. The number of rotatable bonds is 3. The zero-order valence-electron chi connectivity index (χ0n) is 5.93. The molecule has 0 heterocycles. The van der Waals surface area contributed by atoms with Crippen LogP contribution in [0.2, 0.25) is 0 Å². The van der Waals surface area contributed by atoms with E-state index in [0.717, 1.165) is 0 Å². The highest BCUT2D eigenvalue weighted by Crippen LogP contribution is 1.97. The molecule has 11 heavy (non-hydrogen) atoms. The SMILES string of the molecule is C=C(C)CC(=O)NS(=O)(=O)Cl. The molecule has 0 aromatic heterocycles. The number of hydrogen-bond donors (Lipinski definition) is 1. The third-order valence-corrected chi connectivity index (χ3v) is 1.40. The molecule has 0 radical (unpaired) electrons. The van der Waals surface area contributed by atoms with Gasteiger partial charge in [-0.05, 0) is 6.92 Å². The summed E-state index contributed by atoms with van der Waals surface area (Å²) in [5.41, 5.74) is 0.572. The smallest absolute Gasteiger partial charge is 0.274 e. The van der Waals surface area contributed by atoms with Gasteiger partial charge in [0.25, 0.3) is 0 Å². The van der Waals surface area contributed by atoms with Crippen LogP contribution < -0.4 is 4.72 Å². The zero-order chi connectivity index (χ0) is 9.07. The Morgan fingerprint density at radius 3 is 2.36 bits per heavy atom.